The number of rotatable bonds is 5. The molecule has 2 fully saturated rings. The van der Waals surface area contributed by atoms with Crippen molar-refractivity contribution in [1.82, 2.24) is 9.97 Å². The topological polar surface area (TPSA) is 95.0 Å². The molecule has 1 aromatic heterocycles. The van der Waals surface area contributed by atoms with Crippen molar-refractivity contribution in [2.24, 2.45) is 0 Å². The number of hydrogen-bond acceptors (Lipinski definition) is 8. The predicted molar refractivity (Wildman–Crippen MR) is 111 cm³/mol. The maximum absolute atomic E-state index is 14.3. The number of hydrogen-bond donors (Lipinski definition) is 2. The van der Waals surface area contributed by atoms with Gasteiger partial charge in [-0.05, 0) is 18.2 Å². The average molecular weight is 448 g/mol. The molecule has 2 N–H and O–H groups in total. The number of fused-ring (bicyclic) bond motifs is 2. The van der Waals surface area contributed by atoms with Gasteiger partial charge < -0.3 is 29.4 Å². The van der Waals surface area contributed by atoms with Gasteiger partial charge in [0.2, 0.25) is 0 Å². The number of nitrogens with one attached hydrogen (secondary N) is 1. The number of benzene rings is 2. The highest BCUT2D eigenvalue weighted by molar-refractivity contribution is 6.31. The van der Waals surface area contributed by atoms with Crippen molar-refractivity contribution in [3.63, 3.8) is 0 Å². The first-order chi connectivity index (χ1) is 15.0. The van der Waals surface area contributed by atoms with Crippen molar-refractivity contribution >= 4 is 34.0 Å². The minimum absolute atomic E-state index is 0.0103. The Labute approximate surface area is 181 Å². The summed E-state index contributed by atoms with van der Waals surface area (Å²) in [4.78, 5) is 8.42. The quantitative estimate of drug-likeness (QED) is 0.614. The summed E-state index contributed by atoms with van der Waals surface area (Å²) in [7, 11) is 1.61. The van der Waals surface area contributed by atoms with Gasteiger partial charge in [-0.25, -0.2) is 14.4 Å². The Kier molecular flexibility index (Phi) is 5.27. The molecule has 3 heterocycles. The van der Waals surface area contributed by atoms with E-state index in [0.29, 0.717) is 29.9 Å². The largest absolute Gasteiger partial charge is 0.504 e. The van der Waals surface area contributed by atoms with Gasteiger partial charge in [-0.15, -0.1) is 0 Å². The zero-order valence-corrected chi connectivity index (χ0v) is 17.2. The summed E-state index contributed by atoms with van der Waals surface area (Å²) in [6.07, 6.45) is 0.314. The molecule has 0 bridgehead atoms. The van der Waals surface area contributed by atoms with E-state index < -0.39 is 11.9 Å². The summed E-state index contributed by atoms with van der Waals surface area (Å²) in [5, 5.41) is 14.0. The van der Waals surface area contributed by atoms with Crippen molar-refractivity contribution in [3.05, 3.63) is 47.5 Å². The molecule has 2 aliphatic heterocycles. The number of phenolic OH excluding ortho intramolecular Hbond substituents is 1. The number of aromatic hydroxyl groups is 1. The van der Waals surface area contributed by atoms with E-state index >= 15 is 0 Å². The van der Waals surface area contributed by atoms with Crippen LogP contribution in [0.15, 0.2) is 36.7 Å². The zero-order chi connectivity index (χ0) is 21.5. The standard InChI is InChI=1S/C21H19ClFN3O5/c1-28-16-7-29-20-17(8-30-19(16)20)31-15-6-13-10(5-14(15)27)21(25-9-24-13)26-12-4-2-3-11(22)18(12)23/h2-6,9,16-17,19-20,27H,7-8H2,1H3,(H,24,25,26)/t16-,17-,19+,20+/m0/s1. The smallest absolute Gasteiger partial charge is 0.165 e. The molecule has 2 aromatic carbocycles. The lowest BCUT2D eigenvalue weighted by Gasteiger charge is -2.19. The van der Waals surface area contributed by atoms with Gasteiger partial charge in [0, 0.05) is 18.6 Å². The van der Waals surface area contributed by atoms with Crippen LogP contribution in [0, 0.1) is 5.82 Å². The molecule has 10 heteroatoms. The first kappa shape index (κ1) is 20.2. The first-order valence-electron chi connectivity index (χ1n) is 9.66. The lowest BCUT2D eigenvalue weighted by Crippen LogP contribution is -2.35. The molecule has 2 aliphatic rings. The molecule has 0 amide bonds. The Morgan fingerprint density at radius 3 is 2.74 bits per heavy atom. The molecule has 5 rings (SSSR count). The van der Waals surface area contributed by atoms with E-state index in [0.717, 1.165) is 0 Å². The summed E-state index contributed by atoms with van der Waals surface area (Å²) in [6.45, 7) is 0.745. The SMILES string of the molecule is CO[C@H]1CO[C@H]2[C@@H]1OC[C@@H]2Oc1cc2ncnc(Nc3cccc(Cl)c3F)c2cc1O. The number of methoxy groups -OCH3 is 1. The molecule has 0 radical (unpaired) electrons. The van der Waals surface area contributed by atoms with E-state index in [9.17, 15) is 9.50 Å². The van der Waals surface area contributed by atoms with Gasteiger partial charge in [0.1, 0.15) is 30.5 Å². The molecule has 0 unspecified atom stereocenters. The maximum Gasteiger partial charge on any atom is 0.165 e. The van der Waals surface area contributed by atoms with Crippen LogP contribution in [0.4, 0.5) is 15.9 Å². The van der Waals surface area contributed by atoms with E-state index in [1.54, 1.807) is 19.2 Å². The fourth-order valence-electron chi connectivity index (χ4n) is 3.89. The van der Waals surface area contributed by atoms with Crippen molar-refractivity contribution in [2.75, 3.05) is 25.6 Å². The van der Waals surface area contributed by atoms with Crippen LogP contribution in [0.25, 0.3) is 10.9 Å². The molecule has 4 atom stereocenters. The van der Waals surface area contributed by atoms with Crippen LogP contribution in [0.2, 0.25) is 5.02 Å². The lowest BCUT2D eigenvalue weighted by atomic mass is 10.1. The van der Waals surface area contributed by atoms with E-state index in [-0.39, 0.29) is 40.5 Å². The van der Waals surface area contributed by atoms with Crippen molar-refractivity contribution in [1.29, 1.82) is 0 Å². The Morgan fingerprint density at radius 1 is 1.16 bits per heavy atom. The summed E-state index contributed by atoms with van der Waals surface area (Å²) >= 11 is 5.85. The van der Waals surface area contributed by atoms with Crippen molar-refractivity contribution in [3.8, 4) is 11.5 Å². The van der Waals surface area contributed by atoms with Crippen LogP contribution < -0.4 is 10.1 Å². The Balaban J connectivity index is 1.42. The molecule has 8 nitrogen and oxygen atoms in total. The van der Waals surface area contributed by atoms with E-state index in [4.69, 9.17) is 30.5 Å². The first-order valence-corrected chi connectivity index (χ1v) is 10.0. The Hall–Kier alpha value is -2.72. The molecule has 31 heavy (non-hydrogen) atoms. The number of ether oxygens (including phenoxy) is 4. The van der Waals surface area contributed by atoms with Crippen LogP contribution >= 0.6 is 11.6 Å². The number of phenols is 1. The second-order valence-electron chi connectivity index (χ2n) is 7.31. The highest BCUT2D eigenvalue weighted by Gasteiger charge is 2.49. The second-order valence-corrected chi connectivity index (χ2v) is 7.72. The number of anilines is 2. The lowest BCUT2D eigenvalue weighted by molar-refractivity contribution is -0.0140. The van der Waals surface area contributed by atoms with E-state index in [2.05, 4.69) is 15.3 Å². The second kappa shape index (κ2) is 8.08. The molecule has 3 aromatic rings. The third-order valence-electron chi connectivity index (χ3n) is 5.46. The van der Waals surface area contributed by atoms with Gasteiger partial charge in [0.15, 0.2) is 23.4 Å². The van der Waals surface area contributed by atoms with Crippen LogP contribution in [-0.4, -0.2) is 59.8 Å². The highest BCUT2D eigenvalue weighted by atomic mass is 35.5. The minimum atomic E-state index is -0.596. The van der Waals surface area contributed by atoms with Gasteiger partial charge in [-0.1, -0.05) is 17.7 Å². The number of nitrogens with zero attached hydrogens (tertiary/aromatic N) is 2. The molecule has 162 valence electrons. The highest BCUT2D eigenvalue weighted by Crippen LogP contribution is 2.38. The van der Waals surface area contributed by atoms with Crippen molar-refractivity contribution in [2.45, 2.75) is 24.4 Å². The number of halogens is 2. The summed E-state index contributed by atoms with van der Waals surface area (Å²) in [5.41, 5.74) is 0.665. The Bertz CT molecular complexity index is 1130. The van der Waals surface area contributed by atoms with Crippen LogP contribution in [0.1, 0.15) is 0 Å². The molecule has 0 aliphatic carbocycles. The average Bonchev–Trinajstić information content (AvgIpc) is 3.35. The summed E-state index contributed by atoms with van der Waals surface area (Å²) in [6, 6.07) is 7.68. The fourth-order valence-corrected chi connectivity index (χ4v) is 4.06. The van der Waals surface area contributed by atoms with Crippen molar-refractivity contribution < 1.29 is 28.4 Å². The third kappa shape index (κ3) is 3.63. The summed E-state index contributed by atoms with van der Waals surface area (Å²) < 4.78 is 37.2. The zero-order valence-electron chi connectivity index (χ0n) is 16.4. The van der Waals surface area contributed by atoms with Gasteiger partial charge in [0.25, 0.3) is 0 Å². The van der Waals surface area contributed by atoms with Gasteiger partial charge in [0.05, 0.1) is 29.4 Å². The normalized spacial score (nSPS) is 25.0. The van der Waals surface area contributed by atoms with Gasteiger partial charge in [-0.3, -0.25) is 0 Å². The van der Waals surface area contributed by atoms with E-state index in [1.165, 1.54) is 24.5 Å². The molecular weight excluding hydrogens is 429 g/mol. The van der Waals surface area contributed by atoms with Crippen LogP contribution in [0.5, 0.6) is 11.5 Å². The van der Waals surface area contributed by atoms with Crippen LogP contribution in [0.3, 0.4) is 0 Å². The molecular formula is C21H19ClFN3O5. The van der Waals surface area contributed by atoms with E-state index in [1.807, 2.05) is 0 Å². The van der Waals surface area contributed by atoms with Gasteiger partial charge in [-0.2, -0.15) is 0 Å². The number of aromatic nitrogens is 2. The van der Waals surface area contributed by atoms with Gasteiger partial charge >= 0.3 is 0 Å². The molecule has 0 saturated carbocycles. The third-order valence-corrected chi connectivity index (χ3v) is 5.76. The molecule has 2 saturated heterocycles. The monoisotopic (exact) mass is 447 g/mol. The molecule has 0 spiro atoms. The maximum atomic E-state index is 14.3. The minimum Gasteiger partial charge on any atom is -0.504 e. The Morgan fingerprint density at radius 2 is 1.94 bits per heavy atom. The summed E-state index contributed by atoms with van der Waals surface area (Å²) in [5.74, 6) is -0.146. The van der Waals surface area contributed by atoms with Crippen LogP contribution in [-0.2, 0) is 14.2 Å². The fraction of sp³-hybridized carbons (Fsp3) is 0.333. The predicted octanol–water partition coefficient (Wildman–Crippen LogP) is 3.43.